The molecule has 0 bridgehead atoms. The topological polar surface area (TPSA) is 77.0 Å². The maximum Gasteiger partial charge on any atom is 0.416 e. The lowest BCUT2D eigenvalue weighted by atomic mass is 10.0. The van der Waals surface area contributed by atoms with Gasteiger partial charge < -0.3 is 10.6 Å². The molecule has 0 radical (unpaired) electrons. The number of hydrogen-bond acceptors (Lipinski definition) is 4. The number of amides is 1. The Balaban J connectivity index is 1.84. The molecule has 134 valence electrons. The van der Waals surface area contributed by atoms with Crippen molar-refractivity contribution in [3.8, 4) is 5.69 Å². The van der Waals surface area contributed by atoms with E-state index in [9.17, 15) is 18.0 Å². The van der Waals surface area contributed by atoms with Crippen molar-refractivity contribution in [2.24, 2.45) is 5.73 Å². The minimum Gasteiger partial charge on any atom is -0.333 e. The van der Waals surface area contributed by atoms with Crippen molar-refractivity contribution in [2.45, 2.75) is 31.5 Å². The first-order chi connectivity index (χ1) is 11.9. The fourth-order valence-electron chi connectivity index (χ4n) is 2.97. The van der Waals surface area contributed by atoms with Gasteiger partial charge in [-0.15, -0.1) is 5.10 Å². The third-order valence-electron chi connectivity index (χ3n) is 4.31. The fraction of sp³-hybridized carbons (Fsp3) is 0.438. The highest BCUT2D eigenvalue weighted by molar-refractivity contribution is 5.92. The van der Waals surface area contributed by atoms with Crippen LogP contribution >= 0.6 is 0 Å². The van der Waals surface area contributed by atoms with E-state index in [1.54, 1.807) is 4.90 Å². The zero-order valence-electron chi connectivity index (χ0n) is 13.4. The van der Waals surface area contributed by atoms with Gasteiger partial charge in [0, 0.05) is 19.1 Å². The number of likely N-dealkylation sites (tertiary alicyclic amines) is 1. The number of hydrogen-bond donors (Lipinski definition) is 1. The molecule has 1 unspecified atom stereocenters. The second-order valence-electron chi connectivity index (χ2n) is 5.98. The van der Waals surface area contributed by atoms with Crippen molar-refractivity contribution in [3.05, 3.63) is 41.7 Å². The molecule has 1 fully saturated rings. The number of nitrogens with zero attached hydrogens (tertiary/aromatic N) is 4. The summed E-state index contributed by atoms with van der Waals surface area (Å²) in [4.78, 5) is 14.3. The standard InChI is InChI=1S/C16H18F3N5O/c17-16(18,19)11-4-3-6-12(8-11)24-10-14(21-22-24)15(25)23-7-2-1-5-13(23)9-20/h3-4,6,8,10,13H,1-2,5,7,9,20H2. The molecule has 0 spiro atoms. The van der Waals surface area contributed by atoms with Crippen molar-refractivity contribution < 1.29 is 18.0 Å². The van der Waals surface area contributed by atoms with Gasteiger partial charge in [0.1, 0.15) is 0 Å². The second-order valence-corrected chi connectivity index (χ2v) is 5.98. The minimum absolute atomic E-state index is 0.0417. The van der Waals surface area contributed by atoms with Crippen LogP contribution in [0.2, 0.25) is 0 Å². The Morgan fingerprint density at radius 1 is 1.32 bits per heavy atom. The Hall–Kier alpha value is -2.42. The number of carbonyl (C=O) groups is 1. The van der Waals surface area contributed by atoms with Crippen molar-refractivity contribution in [3.63, 3.8) is 0 Å². The monoisotopic (exact) mass is 353 g/mol. The van der Waals surface area contributed by atoms with Crippen LogP contribution in [0.15, 0.2) is 30.5 Å². The van der Waals surface area contributed by atoms with Crippen molar-refractivity contribution in [2.75, 3.05) is 13.1 Å². The summed E-state index contributed by atoms with van der Waals surface area (Å²) in [5.74, 6) is -0.298. The molecule has 1 aromatic heterocycles. The van der Waals surface area contributed by atoms with Gasteiger partial charge in [-0.2, -0.15) is 13.2 Å². The number of halogens is 3. The molecule has 1 aromatic carbocycles. The van der Waals surface area contributed by atoms with Gasteiger partial charge >= 0.3 is 6.18 Å². The van der Waals surface area contributed by atoms with E-state index in [1.165, 1.54) is 23.0 Å². The number of rotatable bonds is 3. The first-order valence-corrected chi connectivity index (χ1v) is 8.01. The van der Waals surface area contributed by atoms with E-state index in [1.807, 2.05) is 0 Å². The van der Waals surface area contributed by atoms with Crippen LogP contribution in [-0.2, 0) is 6.18 Å². The first-order valence-electron chi connectivity index (χ1n) is 8.01. The summed E-state index contributed by atoms with van der Waals surface area (Å²) < 4.78 is 39.6. The molecule has 3 rings (SSSR count). The van der Waals surface area contributed by atoms with E-state index in [2.05, 4.69) is 10.3 Å². The van der Waals surface area contributed by atoms with E-state index >= 15 is 0 Å². The average Bonchev–Trinajstić information content (AvgIpc) is 3.10. The Morgan fingerprint density at radius 2 is 2.12 bits per heavy atom. The summed E-state index contributed by atoms with van der Waals surface area (Å²) in [6, 6.07) is 4.66. The zero-order chi connectivity index (χ0) is 18.0. The van der Waals surface area contributed by atoms with E-state index in [0.717, 1.165) is 31.4 Å². The van der Waals surface area contributed by atoms with Crippen LogP contribution in [0.25, 0.3) is 5.69 Å². The van der Waals surface area contributed by atoms with Crippen LogP contribution in [-0.4, -0.2) is 44.9 Å². The Bertz CT molecular complexity index is 758. The summed E-state index contributed by atoms with van der Waals surface area (Å²) in [6.07, 6.45) is -0.353. The highest BCUT2D eigenvalue weighted by Crippen LogP contribution is 2.30. The average molecular weight is 353 g/mol. The fourth-order valence-corrected chi connectivity index (χ4v) is 2.97. The highest BCUT2D eigenvalue weighted by atomic mass is 19.4. The van der Waals surface area contributed by atoms with Gasteiger partial charge in [-0.25, -0.2) is 4.68 Å². The normalized spacial score (nSPS) is 18.4. The van der Waals surface area contributed by atoms with Crippen LogP contribution in [0, 0.1) is 0 Å². The Kier molecular flexibility index (Phi) is 4.76. The molecular formula is C16H18F3N5O. The molecule has 1 atom stereocenters. The van der Waals surface area contributed by atoms with Crippen LogP contribution in [0.1, 0.15) is 35.3 Å². The highest BCUT2D eigenvalue weighted by Gasteiger charge is 2.31. The predicted molar refractivity (Wildman–Crippen MR) is 84.1 cm³/mol. The SMILES string of the molecule is NCC1CCCCN1C(=O)c1cn(-c2cccc(C(F)(F)F)c2)nn1. The molecular weight excluding hydrogens is 335 g/mol. The van der Waals surface area contributed by atoms with Gasteiger partial charge in [-0.1, -0.05) is 11.3 Å². The van der Waals surface area contributed by atoms with Gasteiger partial charge in [0.2, 0.25) is 0 Å². The molecule has 0 aliphatic carbocycles. The number of piperidine rings is 1. The van der Waals surface area contributed by atoms with E-state index < -0.39 is 11.7 Å². The van der Waals surface area contributed by atoms with E-state index in [0.29, 0.717) is 13.1 Å². The van der Waals surface area contributed by atoms with Crippen LogP contribution in [0.4, 0.5) is 13.2 Å². The van der Waals surface area contributed by atoms with Crippen LogP contribution in [0.3, 0.4) is 0 Å². The maximum absolute atomic E-state index is 12.8. The van der Waals surface area contributed by atoms with Gasteiger partial charge in [-0.3, -0.25) is 4.79 Å². The summed E-state index contributed by atoms with van der Waals surface area (Å²) in [6.45, 7) is 0.963. The lowest BCUT2D eigenvalue weighted by molar-refractivity contribution is -0.137. The summed E-state index contributed by atoms with van der Waals surface area (Å²) >= 11 is 0. The maximum atomic E-state index is 12.8. The number of benzene rings is 1. The van der Waals surface area contributed by atoms with E-state index in [-0.39, 0.29) is 23.3 Å². The van der Waals surface area contributed by atoms with Gasteiger partial charge in [0.05, 0.1) is 17.4 Å². The first kappa shape index (κ1) is 17.4. The molecule has 9 heteroatoms. The number of aromatic nitrogens is 3. The van der Waals surface area contributed by atoms with Crippen LogP contribution in [0.5, 0.6) is 0 Å². The third-order valence-corrected chi connectivity index (χ3v) is 4.31. The van der Waals surface area contributed by atoms with E-state index in [4.69, 9.17) is 5.73 Å². The number of alkyl halides is 3. The quantitative estimate of drug-likeness (QED) is 0.918. The molecule has 1 saturated heterocycles. The molecule has 1 aliphatic heterocycles. The Labute approximate surface area is 142 Å². The summed E-state index contributed by atoms with van der Waals surface area (Å²) in [5, 5.41) is 7.62. The van der Waals surface area contributed by atoms with Gasteiger partial charge in [0.25, 0.3) is 5.91 Å². The molecule has 25 heavy (non-hydrogen) atoms. The third kappa shape index (κ3) is 3.65. The van der Waals surface area contributed by atoms with Crippen molar-refractivity contribution >= 4 is 5.91 Å². The summed E-state index contributed by atoms with van der Waals surface area (Å²) in [7, 11) is 0. The molecule has 0 saturated carbocycles. The molecule has 2 heterocycles. The molecule has 1 aliphatic rings. The smallest absolute Gasteiger partial charge is 0.333 e. The largest absolute Gasteiger partial charge is 0.416 e. The second kappa shape index (κ2) is 6.83. The molecule has 6 nitrogen and oxygen atoms in total. The molecule has 2 aromatic rings. The van der Waals surface area contributed by atoms with Gasteiger partial charge in [0.15, 0.2) is 5.69 Å². The Morgan fingerprint density at radius 3 is 2.84 bits per heavy atom. The summed E-state index contributed by atoms with van der Waals surface area (Å²) in [5.41, 5.74) is 5.22. The van der Waals surface area contributed by atoms with Crippen molar-refractivity contribution in [1.29, 1.82) is 0 Å². The lowest BCUT2D eigenvalue weighted by Crippen LogP contribution is -2.47. The number of carbonyl (C=O) groups excluding carboxylic acids is 1. The lowest BCUT2D eigenvalue weighted by Gasteiger charge is -2.34. The predicted octanol–water partition coefficient (Wildman–Crippen LogP) is 2.24. The minimum atomic E-state index is -4.45. The van der Waals surface area contributed by atoms with Gasteiger partial charge in [-0.05, 0) is 37.5 Å². The molecule has 2 N–H and O–H groups in total. The zero-order valence-corrected chi connectivity index (χ0v) is 13.4. The number of nitrogens with two attached hydrogens (primary N) is 1. The molecule has 1 amide bonds. The van der Waals surface area contributed by atoms with Crippen LogP contribution < -0.4 is 5.73 Å². The van der Waals surface area contributed by atoms with Crippen molar-refractivity contribution in [1.82, 2.24) is 19.9 Å².